The van der Waals surface area contributed by atoms with Gasteiger partial charge in [-0.3, -0.25) is 9.59 Å². The minimum Gasteiger partial charge on any atom is -0.467 e. The lowest BCUT2D eigenvalue weighted by Gasteiger charge is -2.35. The van der Waals surface area contributed by atoms with Gasteiger partial charge in [0, 0.05) is 13.5 Å². The number of amides is 2. The van der Waals surface area contributed by atoms with Gasteiger partial charge in [-0.05, 0) is 18.8 Å². The Kier molecular flexibility index (Phi) is 6.14. The molecule has 0 aromatic carbocycles. The molecule has 124 valence electrons. The molecule has 1 heterocycles. The second-order valence-electron chi connectivity index (χ2n) is 5.77. The summed E-state index contributed by atoms with van der Waals surface area (Å²) in [5, 5.41) is 2.83. The van der Waals surface area contributed by atoms with Gasteiger partial charge in [0.1, 0.15) is 11.6 Å². The highest BCUT2D eigenvalue weighted by molar-refractivity contribution is 5.95. The van der Waals surface area contributed by atoms with Crippen molar-refractivity contribution in [2.45, 2.75) is 51.6 Å². The topological polar surface area (TPSA) is 75.7 Å². The number of nitrogens with one attached hydrogen (secondary N) is 1. The molecule has 22 heavy (non-hydrogen) atoms. The molecule has 6 nitrogen and oxygen atoms in total. The van der Waals surface area contributed by atoms with Crippen molar-refractivity contribution >= 4 is 17.8 Å². The smallest absolute Gasteiger partial charge is 0.328 e. The van der Waals surface area contributed by atoms with E-state index in [4.69, 9.17) is 4.74 Å². The first-order valence-electron chi connectivity index (χ1n) is 7.62. The number of carbonyl (C=O) groups excluding carboxylic acids is 3. The fourth-order valence-electron chi connectivity index (χ4n) is 3.06. The van der Waals surface area contributed by atoms with Crippen molar-refractivity contribution in [2.75, 3.05) is 13.7 Å². The first-order chi connectivity index (χ1) is 10.3. The van der Waals surface area contributed by atoms with Crippen LogP contribution in [-0.4, -0.2) is 47.9 Å². The number of rotatable bonds is 7. The van der Waals surface area contributed by atoms with Gasteiger partial charge in [-0.2, -0.15) is 0 Å². The van der Waals surface area contributed by atoms with E-state index in [1.165, 1.54) is 18.9 Å². The molecule has 1 aliphatic heterocycles. The van der Waals surface area contributed by atoms with Crippen LogP contribution < -0.4 is 5.32 Å². The van der Waals surface area contributed by atoms with Crippen LogP contribution in [0.5, 0.6) is 0 Å². The standard InChI is InChI=1S/C16H26N2O4/c1-6-8-13(14(20)22-5)18-10-9-16(15(18)21,11(3)7-2)17-12(4)19/h6,11,13H,1,7-10H2,2-5H3,(H,17,19)/t11?,13-,16-/m0/s1. The summed E-state index contributed by atoms with van der Waals surface area (Å²) in [7, 11) is 1.30. The third-order valence-electron chi connectivity index (χ3n) is 4.48. The van der Waals surface area contributed by atoms with Gasteiger partial charge in [0.25, 0.3) is 0 Å². The second-order valence-corrected chi connectivity index (χ2v) is 5.77. The van der Waals surface area contributed by atoms with E-state index < -0.39 is 17.6 Å². The fraction of sp³-hybridized carbons (Fsp3) is 0.688. The van der Waals surface area contributed by atoms with E-state index in [-0.39, 0.29) is 17.7 Å². The molecule has 1 rings (SSSR count). The molecule has 1 N–H and O–H groups in total. The summed E-state index contributed by atoms with van der Waals surface area (Å²) in [6, 6.07) is -0.685. The molecule has 6 heteroatoms. The van der Waals surface area contributed by atoms with Crippen LogP contribution >= 0.6 is 0 Å². The zero-order valence-electron chi connectivity index (χ0n) is 13.8. The number of hydrogen-bond donors (Lipinski definition) is 1. The van der Waals surface area contributed by atoms with Crippen LogP contribution in [0, 0.1) is 5.92 Å². The Bertz CT molecular complexity index is 463. The van der Waals surface area contributed by atoms with Gasteiger partial charge in [0.2, 0.25) is 11.8 Å². The van der Waals surface area contributed by atoms with Gasteiger partial charge in [0.15, 0.2) is 0 Å². The molecule has 0 aromatic rings. The highest BCUT2D eigenvalue weighted by Crippen LogP contribution is 2.34. The van der Waals surface area contributed by atoms with Gasteiger partial charge in [0.05, 0.1) is 7.11 Å². The molecule has 1 aliphatic rings. The monoisotopic (exact) mass is 310 g/mol. The van der Waals surface area contributed by atoms with Gasteiger partial charge < -0.3 is 15.0 Å². The maximum Gasteiger partial charge on any atom is 0.328 e. The Hall–Kier alpha value is -1.85. The molecule has 0 saturated carbocycles. The molecule has 0 bridgehead atoms. The normalized spacial score (nSPS) is 23.8. The van der Waals surface area contributed by atoms with Crippen molar-refractivity contribution in [1.29, 1.82) is 0 Å². The van der Waals surface area contributed by atoms with Crippen molar-refractivity contribution in [1.82, 2.24) is 10.2 Å². The van der Waals surface area contributed by atoms with E-state index in [9.17, 15) is 14.4 Å². The molecular weight excluding hydrogens is 284 g/mol. The van der Waals surface area contributed by atoms with Crippen LogP contribution in [0.15, 0.2) is 12.7 Å². The minimum atomic E-state index is -0.936. The lowest BCUT2D eigenvalue weighted by atomic mass is 9.81. The molecule has 2 amide bonds. The zero-order valence-corrected chi connectivity index (χ0v) is 13.8. The Morgan fingerprint density at radius 2 is 2.18 bits per heavy atom. The minimum absolute atomic E-state index is 0.0177. The van der Waals surface area contributed by atoms with Gasteiger partial charge in [-0.1, -0.05) is 26.3 Å². The number of nitrogens with zero attached hydrogens (tertiary/aromatic N) is 1. The van der Waals surface area contributed by atoms with E-state index in [0.29, 0.717) is 19.4 Å². The molecule has 1 saturated heterocycles. The van der Waals surface area contributed by atoms with Crippen molar-refractivity contribution in [3.05, 3.63) is 12.7 Å². The molecule has 0 aromatic heterocycles. The number of methoxy groups -OCH3 is 1. The largest absolute Gasteiger partial charge is 0.467 e. The average molecular weight is 310 g/mol. The van der Waals surface area contributed by atoms with E-state index in [2.05, 4.69) is 11.9 Å². The molecule has 1 fully saturated rings. The summed E-state index contributed by atoms with van der Waals surface area (Å²) in [4.78, 5) is 38.0. The highest BCUT2D eigenvalue weighted by atomic mass is 16.5. The maximum absolute atomic E-state index is 13.0. The summed E-state index contributed by atoms with van der Waals surface area (Å²) >= 11 is 0. The van der Waals surface area contributed by atoms with E-state index in [1.54, 1.807) is 6.08 Å². The summed E-state index contributed by atoms with van der Waals surface area (Å²) in [6.07, 6.45) is 3.17. The average Bonchev–Trinajstić information content (AvgIpc) is 2.80. The maximum atomic E-state index is 13.0. The highest BCUT2D eigenvalue weighted by Gasteiger charge is 2.52. The third kappa shape index (κ3) is 3.31. The number of likely N-dealkylation sites (tertiary alicyclic amines) is 1. The Morgan fingerprint density at radius 1 is 1.55 bits per heavy atom. The predicted octanol–water partition coefficient (Wildman–Crippen LogP) is 1.26. The second kappa shape index (κ2) is 7.42. The Balaban J connectivity index is 3.12. The molecule has 1 unspecified atom stereocenters. The number of hydrogen-bond acceptors (Lipinski definition) is 4. The number of ether oxygens (including phenoxy) is 1. The first kappa shape index (κ1) is 18.2. The lowest BCUT2D eigenvalue weighted by Crippen LogP contribution is -2.59. The summed E-state index contributed by atoms with van der Waals surface area (Å²) in [6.45, 7) is 9.37. The molecule has 0 radical (unpaired) electrons. The summed E-state index contributed by atoms with van der Waals surface area (Å²) in [5.74, 6) is -0.935. The Labute approximate surface area is 131 Å². The molecule has 3 atom stereocenters. The molecular formula is C16H26N2O4. The molecule has 0 spiro atoms. The van der Waals surface area contributed by atoms with Crippen LogP contribution in [0.2, 0.25) is 0 Å². The fourth-order valence-corrected chi connectivity index (χ4v) is 3.06. The van der Waals surface area contributed by atoms with Crippen LogP contribution in [0.4, 0.5) is 0 Å². The zero-order chi connectivity index (χ0) is 16.9. The van der Waals surface area contributed by atoms with Crippen molar-refractivity contribution in [3.63, 3.8) is 0 Å². The Morgan fingerprint density at radius 3 is 2.64 bits per heavy atom. The number of carbonyl (C=O) groups is 3. The molecule has 0 aliphatic carbocycles. The van der Waals surface area contributed by atoms with Crippen molar-refractivity contribution in [2.24, 2.45) is 5.92 Å². The van der Waals surface area contributed by atoms with E-state index >= 15 is 0 Å². The van der Waals surface area contributed by atoms with Crippen molar-refractivity contribution < 1.29 is 19.1 Å². The van der Waals surface area contributed by atoms with Crippen LogP contribution in [0.25, 0.3) is 0 Å². The van der Waals surface area contributed by atoms with Gasteiger partial charge >= 0.3 is 5.97 Å². The summed E-state index contributed by atoms with van der Waals surface area (Å²) in [5.41, 5.74) is -0.936. The van der Waals surface area contributed by atoms with Gasteiger partial charge in [-0.25, -0.2) is 4.79 Å². The first-order valence-corrected chi connectivity index (χ1v) is 7.62. The van der Waals surface area contributed by atoms with Crippen LogP contribution in [-0.2, 0) is 19.1 Å². The van der Waals surface area contributed by atoms with Gasteiger partial charge in [-0.15, -0.1) is 6.58 Å². The van der Waals surface area contributed by atoms with Crippen molar-refractivity contribution in [3.8, 4) is 0 Å². The SMILES string of the molecule is C=CC[C@@H](C(=O)OC)N1CC[C@](NC(C)=O)(C(C)CC)C1=O. The van der Waals surface area contributed by atoms with Crippen LogP contribution in [0.1, 0.15) is 40.0 Å². The van der Waals surface area contributed by atoms with Crippen LogP contribution in [0.3, 0.4) is 0 Å². The van der Waals surface area contributed by atoms with E-state index in [1.807, 2.05) is 13.8 Å². The third-order valence-corrected chi connectivity index (χ3v) is 4.48. The number of esters is 1. The van der Waals surface area contributed by atoms with E-state index in [0.717, 1.165) is 6.42 Å². The predicted molar refractivity (Wildman–Crippen MR) is 83.0 cm³/mol. The lowest BCUT2D eigenvalue weighted by molar-refractivity contribution is -0.153. The quantitative estimate of drug-likeness (QED) is 0.567. The summed E-state index contributed by atoms with van der Waals surface area (Å²) < 4.78 is 4.79.